The second kappa shape index (κ2) is 9.39. The van der Waals surface area contributed by atoms with E-state index in [1.54, 1.807) is 0 Å². The summed E-state index contributed by atoms with van der Waals surface area (Å²) in [5.74, 6) is 0.850. The maximum Gasteiger partial charge on any atom is 0.290 e. The molecule has 1 saturated heterocycles. The smallest absolute Gasteiger partial charge is 0.290 e. The number of anilines is 2. The summed E-state index contributed by atoms with van der Waals surface area (Å²) in [4.78, 5) is 17.6. The Hall–Kier alpha value is -3.11. The van der Waals surface area contributed by atoms with Crippen LogP contribution in [0, 0.1) is 11.3 Å². The Morgan fingerprint density at radius 1 is 1.21 bits per heavy atom. The minimum Gasteiger partial charge on any atom is -0.483 e. The van der Waals surface area contributed by atoms with Crippen LogP contribution in [0.25, 0.3) is 11.1 Å². The van der Waals surface area contributed by atoms with Crippen molar-refractivity contribution in [3.05, 3.63) is 41.6 Å². The Labute approximate surface area is 171 Å². The van der Waals surface area contributed by atoms with Crippen LogP contribution in [0.1, 0.15) is 36.4 Å². The molecular weight excluding hydrogens is 366 g/mol. The van der Waals surface area contributed by atoms with Crippen molar-refractivity contribution in [2.45, 2.75) is 25.2 Å². The third kappa shape index (κ3) is 4.66. The number of nitrogens with two attached hydrogens (primary N) is 1. The van der Waals surface area contributed by atoms with Gasteiger partial charge in [0.2, 0.25) is 0 Å². The van der Waals surface area contributed by atoms with Gasteiger partial charge in [-0.3, -0.25) is 4.79 Å². The van der Waals surface area contributed by atoms with Crippen molar-refractivity contribution in [1.82, 2.24) is 9.88 Å². The fraction of sp³-hybridized carbons (Fsp3) is 0.409. The van der Waals surface area contributed by atoms with Gasteiger partial charge in [-0.15, -0.1) is 0 Å². The van der Waals surface area contributed by atoms with Gasteiger partial charge >= 0.3 is 0 Å². The topological polar surface area (TPSA) is 106 Å². The number of rotatable bonds is 3. The first kappa shape index (κ1) is 20.6. The maximum atomic E-state index is 9.56. The summed E-state index contributed by atoms with van der Waals surface area (Å²) in [5.41, 5.74) is 10.8. The van der Waals surface area contributed by atoms with Gasteiger partial charge in [-0.25, -0.2) is 4.98 Å². The van der Waals surface area contributed by atoms with Gasteiger partial charge in [0.25, 0.3) is 6.47 Å². The van der Waals surface area contributed by atoms with Crippen LogP contribution in [-0.2, 0) is 4.79 Å². The molecule has 2 aromatic rings. The zero-order chi connectivity index (χ0) is 20.8. The number of hydrogen-bond acceptors (Lipinski definition) is 6. The molecule has 1 saturated carbocycles. The third-order valence-electron chi connectivity index (χ3n) is 5.75. The summed E-state index contributed by atoms with van der Waals surface area (Å²) < 4.78 is 0. The number of hydrogen-bond donors (Lipinski definition) is 2. The minimum atomic E-state index is -0.250. The average molecular weight is 393 g/mol. The second-order valence-corrected chi connectivity index (χ2v) is 7.54. The Morgan fingerprint density at radius 2 is 1.83 bits per heavy atom. The number of likely N-dealkylation sites (N-methyl/N-ethyl adjacent to an activating group) is 1. The summed E-state index contributed by atoms with van der Waals surface area (Å²) >= 11 is 0. The lowest BCUT2D eigenvalue weighted by molar-refractivity contribution is -0.122. The lowest BCUT2D eigenvalue weighted by atomic mass is 9.81. The van der Waals surface area contributed by atoms with E-state index in [4.69, 9.17) is 15.6 Å². The summed E-state index contributed by atoms with van der Waals surface area (Å²) in [6, 6.07) is 12.8. The molecule has 2 heterocycles. The number of carboxylic acid groups (broad SMARTS) is 1. The van der Waals surface area contributed by atoms with E-state index in [-0.39, 0.29) is 6.47 Å². The molecule has 1 aromatic heterocycles. The Balaban J connectivity index is 0.000000755. The quantitative estimate of drug-likeness (QED) is 0.772. The zero-order valence-electron chi connectivity index (χ0n) is 16.7. The molecule has 7 heteroatoms. The van der Waals surface area contributed by atoms with Gasteiger partial charge in [-0.05, 0) is 43.7 Å². The van der Waals surface area contributed by atoms with E-state index in [9.17, 15) is 5.26 Å². The summed E-state index contributed by atoms with van der Waals surface area (Å²) in [6.45, 7) is 4.03. The van der Waals surface area contributed by atoms with E-state index in [2.05, 4.69) is 58.2 Å². The number of benzene rings is 1. The van der Waals surface area contributed by atoms with Crippen LogP contribution in [0.3, 0.4) is 0 Å². The van der Waals surface area contributed by atoms with Crippen LogP contribution in [0.5, 0.6) is 0 Å². The first-order valence-electron chi connectivity index (χ1n) is 9.89. The molecule has 4 rings (SSSR count). The molecule has 0 atom stereocenters. The van der Waals surface area contributed by atoms with Gasteiger partial charge < -0.3 is 20.6 Å². The first-order valence-corrected chi connectivity index (χ1v) is 9.89. The lowest BCUT2D eigenvalue weighted by Crippen LogP contribution is -2.44. The van der Waals surface area contributed by atoms with Crippen LogP contribution in [0.2, 0.25) is 0 Å². The standard InChI is InChI=1S/C21H25N5.CH2O2/c1-25-9-11-26(12-10-25)17-7-5-15(6-8-17)18-13-20(16-3-2-4-16)24-21(23)19(18)14-22;2-1-3/h5-8,13,16H,2-4,9-12H2,1H3,(H2,23,24);1H,(H,2,3). The molecular formula is C22H27N5O2. The molecule has 1 aliphatic heterocycles. The molecule has 0 amide bonds. The number of nitrogens with zero attached hydrogens (tertiary/aromatic N) is 4. The van der Waals surface area contributed by atoms with Gasteiger partial charge in [-0.2, -0.15) is 5.26 Å². The summed E-state index contributed by atoms with van der Waals surface area (Å²) in [6.07, 6.45) is 3.58. The lowest BCUT2D eigenvalue weighted by Gasteiger charge is -2.34. The van der Waals surface area contributed by atoms with Gasteiger partial charge in [0.1, 0.15) is 17.5 Å². The van der Waals surface area contributed by atoms with E-state index in [0.717, 1.165) is 43.0 Å². The fourth-order valence-electron chi connectivity index (χ4n) is 3.76. The number of nitriles is 1. The molecule has 0 unspecified atom stereocenters. The summed E-state index contributed by atoms with van der Waals surface area (Å²) in [5, 5.41) is 16.5. The molecule has 0 spiro atoms. The average Bonchev–Trinajstić information content (AvgIpc) is 2.68. The number of aromatic nitrogens is 1. The first-order chi connectivity index (χ1) is 14.1. The number of piperazine rings is 1. The normalized spacial score (nSPS) is 16.9. The molecule has 0 radical (unpaired) electrons. The number of carbonyl (C=O) groups is 1. The molecule has 3 N–H and O–H groups in total. The van der Waals surface area contributed by atoms with Crippen molar-refractivity contribution in [1.29, 1.82) is 5.26 Å². The molecule has 0 bridgehead atoms. The second-order valence-electron chi connectivity index (χ2n) is 7.54. The van der Waals surface area contributed by atoms with E-state index >= 15 is 0 Å². The van der Waals surface area contributed by atoms with Crippen LogP contribution >= 0.6 is 0 Å². The van der Waals surface area contributed by atoms with E-state index < -0.39 is 0 Å². The summed E-state index contributed by atoms with van der Waals surface area (Å²) in [7, 11) is 2.16. The third-order valence-corrected chi connectivity index (χ3v) is 5.75. The molecule has 1 aliphatic carbocycles. The zero-order valence-corrected chi connectivity index (χ0v) is 16.7. The monoisotopic (exact) mass is 393 g/mol. The predicted molar refractivity (Wildman–Crippen MR) is 114 cm³/mol. The molecule has 29 heavy (non-hydrogen) atoms. The van der Waals surface area contributed by atoms with E-state index in [1.165, 1.54) is 24.9 Å². The number of nitrogen functional groups attached to an aromatic ring is 1. The van der Waals surface area contributed by atoms with Crippen LogP contribution in [0.4, 0.5) is 11.5 Å². The highest BCUT2D eigenvalue weighted by Gasteiger charge is 2.23. The molecule has 7 nitrogen and oxygen atoms in total. The fourth-order valence-corrected chi connectivity index (χ4v) is 3.76. The van der Waals surface area contributed by atoms with Gasteiger partial charge in [0.05, 0.1) is 0 Å². The van der Waals surface area contributed by atoms with Crippen molar-refractivity contribution >= 4 is 18.0 Å². The van der Waals surface area contributed by atoms with Crippen molar-refractivity contribution in [2.24, 2.45) is 0 Å². The minimum absolute atomic E-state index is 0.250. The predicted octanol–water partition coefficient (Wildman–Crippen LogP) is 2.92. The van der Waals surface area contributed by atoms with E-state index in [1.807, 2.05) is 0 Å². The highest BCUT2D eigenvalue weighted by atomic mass is 16.3. The Morgan fingerprint density at radius 3 is 2.34 bits per heavy atom. The van der Waals surface area contributed by atoms with Crippen molar-refractivity contribution in [2.75, 3.05) is 43.9 Å². The van der Waals surface area contributed by atoms with Gasteiger partial charge in [-0.1, -0.05) is 18.6 Å². The van der Waals surface area contributed by atoms with Crippen molar-refractivity contribution in [3.8, 4) is 17.2 Å². The van der Waals surface area contributed by atoms with Crippen molar-refractivity contribution in [3.63, 3.8) is 0 Å². The molecule has 2 aliphatic rings. The largest absolute Gasteiger partial charge is 0.483 e. The van der Waals surface area contributed by atoms with Gasteiger partial charge in [0.15, 0.2) is 0 Å². The van der Waals surface area contributed by atoms with Crippen LogP contribution < -0.4 is 10.6 Å². The Bertz CT molecular complexity index is 879. The molecule has 152 valence electrons. The van der Waals surface area contributed by atoms with Crippen LogP contribution in [-0.4, -0.2) is 54.7 Å². The molecule has 1 aromatic carbocycles. The number of pyridine rings is 1. The Kier molecular flexibility index (Phi) is 6.68. The SMILES string of the molecule is CN1CCN(c2ccc(-c3cc(C4CCC4)nc(N)c3C#N)cc2)CC1.O=CO. The van der Waals surface area contributed by atoms with E-state index in [0.29, 0.717) is 17.3 Å². The highest BCUT2D eigenvalue weighted by Crippen LogP contribution is 2.38. The van der Waals surface area contributed by atoms with Gasteiger partial charge in [0, 0.05) is 49.0 Å². The molecule has 2 fully saturated rings. The van der Waals surface area contributed by atoms with Crippen LogP contribution in [0.15, 0.2) is 30.3 Å². The van der Waals surface area contributed by atoms with Crippen molar-refractivity contribution < 1.29 is 9.90 Å². The highest BCUT2D eigenvalue weighted by molar-refractivity contribution is 5.77. The maximum absolute atomic E-state index is 9.56.